The molecule has 1 heterocycles. The van der Waals surface area contributed by atoms with Crippen molar-refractivity contribution >= 4 is 29.9 Å². The van der Waals surface area contributed by atoms with Gasteiger partial charge in [-0.1, -0.05) is 12.1 Å². The number of nitrogens with zero attached hydrogens (tertiary/aromatic N) is 2. The smallest absolute Gasteiger partial charge is 0.191 e. The standard InChI is InChI=1S/C19H32N4O.HI/c1-15(2)23-10-6-8-17(14-23)13-22-19(20-3)21-12-16-7-5-9-18(11-16)24-4;/h5,7,9,11,15,17H,6,8,10,12-14H2,1-4H3,(H2,20,21,22);1H. The fourth-order valence-electron chi connectivity index (χ4n) is 3.16. The fourth-order valence-corrected chi connectivity index (χ4v) is 3.16. The molecule has 2 rings (SSSR count). The molecule has 1 aliphatic rings. The molecule has 1 saturated heterocycles. The first-order chi connectivity index (χ1) is 11.6. The van der Waals surface area contributed by atoms with Crippen molar-refractivity contribution in [2.45, 2.75) is 39.3 Å². The predicted molar refractivity (Wildman–Crippen MR) is 116 cm³/mol. The molecule has 0 aromatic heterocycles. The van der Waals surface area contributed by atoms with Crippen LogP contribution in [0.4, 0.5) is 0 Å². The van der Waals surface area contributed by atoms with Gasteiger partial charge in [-0.2, -0.15) is 0 Å². The number of aliphatic imine (C=N–C) groups is 1. The number of benzene rings is 1. The van der Waals surface area contributed by atoms with Gasteiger partial charge in [0.15, 0.2) is 5.96 Å². The Kier molecular flexibility index (Phi) is 10.2. The Morgan fingerprint density at radius 1 is 1.36 bits per heavy atom. The number of guanidine groups is 1. The summed E-state index contributed by atoms with van der Waals surface area (Å²) in [6.45, 7) is 8.68. The van der Waals surface area contributed by atoms with Crippen molar-refractivity contribution in [3.63, 3.8) is 0 Å². The number of halogens is 1. The van der Waals surface area contributed by atoms with Gasteiger partial charge in [-0.25, -0.2) is 0 Å². The Morgan fingerprint density at radius 2 is 2.16 bits per heavy atom. The third-order valence-electron chi connectivity index (χ3n) is 4.66. The third kappa shape index (κ3) is 7.40. The topological polar surface area (TPSA) is 48.9 Å². The summed E-state index contributed by atoms with van der Waals surface area (Å²) in [5.41, 5.74) is 1.18. The van der Waals surface area contributed by atoms with Crippen molar-refractivity contribution in [2.24, 2.45) is 10.9 Å². The monoisotopic (exact) mass is 460 g/mol. The van der Waals surface area contributed by atoms with Crippen LogP contribution in [0.3, 0.4) is 0 Å². The van der Waals surface area contributed by atoms with Gasteiger partial charge in [0.25, 0.3) is 0 Å². The van der Waals surface area contributed by atoms with Crippen molar-refractivity contribution < 1.29 is 4.74 Å². The molecule has 0 radical (unpaired) electrons. The molecule has 1 unspecified atom stereocenters. The van der Waals surface area contributed by atoms with Crippen LogP contribution in [-0.2, 0) is 6.54 Å². The maximum atomic E-state index is 5.27. The van der Waals surface area contributed by atoms with Gasteiger partial charge in [0.2, 0.25) is 0 Å². The van der Waals surface area contributed by atoms with Crippen LogP contribution in [-0.4, -0.2) is 50.7 Å². The van der Waals surface area contributed by atoms with Crippen LogP contribution in [0.1, 0.15) is 32.3 Å². The fraction of sp³-hybridized carbons (Fsp3) is 0.632. The van der Waals surface area contributed by atoms with E-state index < -0.39 is 0 Å². The van der Waals surface area contributed by atoms with Crippen LogP contribution in [0.15, 0.2) is 29.3 Å². The summed E-state index contributed by atoms with van der Waals surface area (Å²) in [7, 11) is 3.51. The van der Waals surface area contributed by atoms with Crippen molar-refractivity contribution in [3.8, 4) is 5.75 Å². The van der Waals surface area contributed by atoms with E-state index >= 15 is 0 Å². The van der Waals surface area contributed by atoms with Gasteiger partial charge in [-0.3, -0.25) is 4.99 Å². The van der Waals surface area contributed by atoms with Crippen LogP contribution < -0.4 is 15.4 Å². The van der Waals surface area contributed by atoms with Gasteiger partial charge in [-0.05, 0) is 56.8 Å². The Balaban J connectivity index is 0.00000312. The quantitative estimate of drug-likeness (QED) is 0.389. The van der Waals surface area contributed by atoms with Gasteiger partial charge in [0.1, 0.15) is 5.75 Å². The summed E-state index contributed by atoms with van der Waals surface area (Å²) in [6.07, 6.45) is 2.59. The van der Waals surface area contributed by atoms with E-state index in [2.05, 4.69) is 40.4 Å². The summed E-state index contributed by atoms with van der Waals surface area (Å²) < 4.78 is 5.27. The number of likely N-dealkylation sites (tertiary alicyclic amines) is 1. The first kappa shape index (κ1) is 22.0. The molecule has 0 amide bonds. The molecular weight excluding hydrogens is 427 g/mol. The van der Waals surface area contributed by atoms with E-state index in [9.17, 15) is 0 Å². The molecule has 5 nitrogen and oxygen atoms in total. The Labute approximate surface area is 169 Å². The number of rotatable bonds is 6. The van der Waals surface area contributed by atoms with Crippen molar-refractivity contribution in [1.29, 1.82) is 0 Å². The van der Waals surface area contributed by atoms with E-state index in [0.29, 0.717) is 12.0 Å². The van der Waals surface area contributed by atoms with Gasteiger partial charge in [0, 0.05) is 32.7 Å². The Morgan fingerprint density at radius 3 is 2.84 bits per heavy atom. The number of nitrogens with one attached hydrogen (secondary N) is 2. The number of hydrogen-bond acceptors (Lipinski definition) is 3. The van der Waals surface area contributed by atoms with Crippen LogP contribution >= 0.6 is 24.0 Å². The lowest BCUT2D eigenvalue weighted by molar-refractivity contribution is 0.141. The molecule has 1 aromatic carbocycles. The lowest BCUT2D eigenvalue weighted by atomic mass is 9.97. The van der Waals surface area contributed by atoms with Crippen molar-refractivity contribution in [2.75, 3.05) is 33.8 Å². The second-order valence-electron chi connectivity index (χ2n) is 6.76. The normalized spacial score (nSPS) is 18.6. The Hall–Kier alpha value is -1.02. The summed E-state index contributed by atoms with van der Waals surface area (Å²) in [5.74, 6) is 2.43. The van der Waals surface area contributed by atoms with Gasteiger partial charge >= 0.3 is 0 Å². The van der Waals surface area contributed by atoms with Crippen LogP contribution in [0, 0.1) is 5.92 Å². The molecule has 0 aliphatic carbocycles. The van der Waals surface area contributed by atoms with E-state index in [1.54, 1.807) is 7.11 Å². The maximum absolute atomic E-state index is 5.27. The largest absolute Gasteiger partial charge is 0.497 e. The average Bonchev–Trinajstić information content (AvgIpc) is 2.62. The molecule has 1 aromatic rings. The molecule has 0 saturated carbocycles. The number of ether oxygens (including phenoxy) is 1. The molecular formula is C19H33IN4O. The summed E-state index contributed by atoms with van der Waals surface area (Å²) >= 11 is 0. The summed E-state index contributed by atoms with van der Waals surface area (Å²) in [5, 5.41) is 6.86. The summed E-state index contributed by atoms with van der Waals surface area (Å²) in [6, 6.07) is 8.74. The summed E-state index contributed by atoms with van der Waals surface area (Å²) in [4.78, 5) is 6.91. The van der Waals surface area contributed by atoms with E-state index in [1.165, 1.54) is 31.5 Å². The number of methoxy groups -OCH3 is 1. The zero-order valence-electron chi connectivity index (χ0n) is 15.9. The zero-order chi connectivity index (χ0) is 17.4. The van der Waals surface area contributed by atoms with E-state index in [-0.39, 0.29) is 24.0 Å². The van der Waals surface area contributed by atoms with Crippen molar-refractivity contribution in [1.82, 2.24) is 15.5 Å². The first-order valence-electron chi connectivity index (χ1n) is 8.94. The van der Waals surface area contributed by atoms with Gasteiger partial charge in [-0.15, -0.1) is 24.0 Å². The highest BCUT2D eigenvalue weighted by Crippen LogP contribution is 2.17. The van der Waals surface area contributed by atoms with Crippen molar-refractivity contribution in [3.05, 3.63) is 29.8 Å². The molecule has 6 heteroatoms. The number of hydrogen-bond donors (Lipinski definition) is 2. The highest BCUT2D eigenvalue weighted by molar-refractivity contribution is 14.0. The van der Waals surface area contributed by atoms with Gasteiger partial charge < -0.3 is 20.3 Å². The first-order valence-corrected chi connectivity index (χ1v) is 8.94. The van der Waals surface area contributed by atoms with E-state index in [0.717, 1.165) is 24.8 Å². The Bertz CT molecular complexity index is 536. The molecule has 0 bridgehead atoms. The SMILES string of the molecule is CN=C(NCc1cccc(OC)c1)NCC1CCCN(C(C)C)C1.I. The highest BCUT2D eigenvalue weighted by Gasteiger charge is 2.21. The van der Waals surface area contributed by atoms with Crippen LogP contribution in [0.2, 0.25) is 0 Å². The molecule has 0 spiro atoms. The predicted octanol–water partition coefficient (Wildman–Crippen LogP) is 3.10. The second kappa shape index (κ2) is 11.6. The van der Waals surface area contributed by atoms with Gasteiger partial charge in [0.05, 0.1) is 7.11 Å². The molecule has 142 valence electrons. The maximum Gasteiger partial charge on any atom is 0.191 e. The number of piperidine rings is 1. The molecule has 2 N–H and O–H groups in total. The average molecular weight is 460 g/mol. The molecule has 1 atom stereocenters. The minimum absolute atomic E-state index is 0. The third-order valence-corrected chi connectivity index (χ3v) is 4.66. The van der Waals surface area contributed by atoms with Crippen LogP contribution in [0.5, 0.6) is 5.75 Å². The molecule has 1 aliphatic heterocycles. The minimum Gasteiger partial charge on any atom is -0.497 e. The highest BCUT2D eigenvalue weighted by atomic mass is 127. The second-order valence-corrected chi connectivity index (χ2v) is 6.76. The lowest BCUT2D eigenvalue weighted by Gasteiger charge is -2.35. The zero-order valence-corrected chi connectivity index (χ0v) is 18.2. The molecule has 1 fully saturated rings. The van der Waals surface area contributed by atoms with E-state index in [1.807, 2.05) is 25.2 Å². The van der Waals surface area contributed by atoms with Crippen LogP contribution in [0.25, 0.3) is 0 Å². The van der Waals surface area contributed by atoms with E-state index in [4.69, 9.17) is 4.74 Å². The molecule has 25 heavy (non-hydrogen) atoms. The lowest BCUT2D eigenvalue weighted by Crippen LogP contribution is -2.45. The minimum atomic E-state index is 0.